The normalized spacial score (nSPS) is 9.71. The van der Waals surface area contributed by atoms with E-state index in [9.17, 15) is 4.79 Å². The predicted octanol–water partition coefficient (Wildman–Crippen LogP) is 2.34. The van der Waals surface area contributed by atoms with Crippen molar-refractivity contribution < 1.29 is 4.79 Å². The molecule has 0 atom stereocenters. The van der Waals surface area contributed by atoms with E-state index in [1.54, 1.807) is 6.07 Å². The first-order chi connectivity index (χ1) is 10.0. The zero-order valence-electron chi connectivity index (χ0n) is 11.1. The van der Waals surface area contributed by atoms with Crippen molar-refractivity contribution in [2.45, 2.75) is 13.5 Å². The third-order valence-corrected chi connectivity index (χ3v) is 3.32. The molecule has 0 radical (unpaired) electrons. The molecule has 0 aliphatic heterocycles. The lowest BCUT2D eigenvalue weighted by Gasteiger charge is -2.09. The molecule has 0 spiro atoms. The van der Waals surface area contributed by atoms with Gasteiger partial charge in [-0.15, -0.1) is 0 Å². The van der Waals surface area contributed by atoms with Crippen LogP contribution in [-0.2, 0) is 11.3 Å². The van der Waals surface area contributed by atoms with E-state index < -0.39 is 0 Å². The average Bonchev–Trinajstić information content (AvgIpc) is 2.83. The van der Waals surface area contributed by atoms with Crippen LogP contribution in [0.2, 0.25) is 0 Å². The highest BCUT2D eigenvalue weighted by Crippen LogP contribution is 2.20. The molecule has 0 fully saturated rings. The molecule has 0 unspecified atom stereocenters. The van der Waals surface area contributed by atoms with Crippen LogP contribution in [0.15, 0.2) is 29.0 Å². The minimum Gasteiger partial charge on any atom is -0.324 e. The van der Waals surface area contributed by atoms with E-state index in [0.717, 1.165) is 10.0 Å². The van der Waals surface area contributed by atoms with Gasteiger partial charge in [-0.05, 0) is 30.7 Å². The summed E-state index contributed by atoms with van der Waals surface area (Å²) in [5.41, 5.74) is 1.72. The first-order valence-electron chi connectivity index (χ1n) is 5.96. The second-order valence-electron chi connectivity index (χ2n) is 4.30. The number of hydrogen-bond acceptors (Lipinski definition) is 4. The number of halogens is 1. The number of imidazole rings is 1. The Kier molecular flexibility index (Phi) is 4.36. The van der Waals surface area contributed by atoms with Gasteiger partial charge in [-0.25, -0.2) is 4.98 Å². The Morgan fingerprint density at radius 1 is 1.43 bits per heavy atom. The molecule has 7 heteroatoms. The quantitative estimate of drug-likeness (QED) is 0.925. The molecule has 0 saturated carbocycles. The van der Waals surface area contributed by atoms with Crippen LogP contribution in [-0.4, -0.2) is 15.5 Å². The molecular formula is C14H10BrN5O. The highest BCUT2D eigenvalue weighted by molar-refractivity contribution is 9.10. The summed E-state index contributed by atoms with van der Waals surface area (Å²) in [4.78, 5) is 15.8. The summed E-state index contributed by atoms with van der Waals surface area (Å²) < 4.78 is 2.28. The lowest BCUT2D eigenvalue weighted by Crippen LogP contribution is -2.19. The van der Waals surface area contributed by atoms with Gasteiger partial charge in [-0.3, -0.25) is 4.79 Å². The van der Waals surface area contributed by atoms with Gasteiger partial charge in [0.15, 0.2) is 11.4 Å². The number of nitrogens with one attached hydrogen (secondary N) is 1. The van der Waals surface area contributed by atoms with Gasteiger partial charge >= 0.3 is 0 Å². The molecular weight excluding hydrogens is 334 g/mol. The van der Waals surface area contributed by atoms with Gasteiger partial charge in [0.25, 0.3) is 0 Å². The summed E-state index contributed by atoms with van der Waals surface area (Å²) >= 11 is 3.35. The molecule has 104 valence electrons. The number of nitriles is 2. The van der Waals surface area contributed by atoms with E-state index in [4.69, 9.17) is 10.5 Å². The Morgan fingerprint density at radius 3 is 2.81 bits per heavy atom. The number of benzene rings is 1. The summed E-state index contributed by atoms with van der Waals surface area (Å²) in [5, 5.41) is 20.6. The van der Waals surface area contributed by atoms with Gasteiger partial charge in [-0.2, -0.15) is 10.5 Å². The number of aryl methyl sites for hydroxylation is 1. The molecule has 1 aromatic heterocycles. The van der Waals surface area contributed by atoms with Gasteiger partial charge in [0.1, 0.15) is 18.7 Å². The summed E-state index contributed by atoms with van der Waals surface area (Å²) in [6.45, 7) is 1.80. The molecule has 0 aliphatic rings. The van der Waals surface area contributed by atoms with Crippen molar-refractivity contribution in [3.05, 3.63) is 46.0 Å². The number of nitrogens with zero attached hydrogens (tertiary/aromatic N) is 4. The van der Waals surface area contributed by atoms with Crippen LogP contribution in [0.3, 0.4) is 0 Å². The van der Waals surface area contributed by atoms with E-state index in [1.165, 1.54) is 10.9 Å². The lowest BCUT2D eigenvalue weighted by molar-refractivity contribution is -0.116. The zero-order valence-corrected chi connectivity index (χ0v) is 12.7. The smallest absolute Gasteiger partial charge is 0.244 e. The molecule has 0 aliphatic carbocycles. The molecule has 0 bridgehead atoms. The molecule has 2 aromatic rings. The molecule has 1 aromatic carbocycles. The zero-order chi connectivity index (χ0) is 15.4. The van der Waals surface area contributed by atoms with E-state index in [-0.39, 0.29) is 23.8 Å². The van der Waals surface area contributed by atoms with Crippen molar-refractivity contribution in [3.8, 4) is 12.1 Å². The van der Waals surface area contributed by atoms with Crippen LogP contribution in [0, 0.1) is 29.6 Å². The minimum absolute atomic E-state index is 0.0186. The number of carbonyl (C=O) groups excluding carboxylic acids is 1. The SMILES string of the molecule is Cc1cc(Br)ccc1NC(=O)Cn1cnc(C#N)c1C#N. The first-order valence-corrected chi connectivity index (χ1v) is 6.75. The third kappa shape index (κ3) is 3.28. The molecule has 2 rings (SSSR count). The Morgan fingerprint density at radius 2 is 2.19 bits per heavy atom. The monoisotopic (exact) mass is 343 g/mol. The van der Waals surface area contributed by atoms with Crippen molar-refractivity contribution in [1.29, 1.82) is 10.5 Å². The van der Waals surface area contributed by atoms with Crippen LogP contribution in [0.5, 0.6) is 0 Å². The summed E-state index contributed by atoms with van der Waals surface area (Å²) in [5.74, 6) is -0.293. The predicted molar refractivity (Wildman–Crippen MR) is 79.2 cm³/mol. The average molecular weight is 344 g/mol. The summed E-state index contributed by atoms with van der Waals surface area (Å²) in [7, 11) is 0. The van der Waals surface area contributed by atoms with Gasteiger partial charge in [0, 0.05) is 10.2 Å². The van der Waals surface area contributed by atoms with Gasteiger partial charge in [0.05, 0.1) is 6.33 Å². The van der Waals surface area contributed by atoms with Crippen LogP contribution >= 0.6 is 15.9 Å². The second-order valence-corrected chi connectivity index (χ2v) is 5.22. The Labute approximate surface area is 129 Å². The second kappa shape index (κ2) is 6.21. The number of anilines is 1. The fourth-order valence-corrected chi connectivity index (χ4v) is 2.29. The molecule has 1 amide bonds. The maximum absolute atomic E-state index is 12.0. The number of hydrogen-bond donors (Lipinski definition) is 1. The minimum atomic E-state index is -0.293. The topological polar surface area (TPSA) is 94.5 Å². The standard InChI is InChI=1S/C14H10BrN5O/c1-9-4-10(15)2-3-11(9)19-14(21)7-20-8-18-12(5-16)13(20)6-17/h2-4,8H,7H2,1H3,(H,19,21). The first kappa shape index (κ1) is 14.8. The van der Waals surface area contributed by atoms with Crippen LogP contribution in [0.1, 0.15) is 17.0 Å². The van der Waals surface area contributed by atoms with Crippen LogP contribution < -0.4 is 5.32 Å². The fourth-order valence-electron chi connectivity index (χ4n) is 1.81. The summed E-state index contributed by atoms with van der Waals surface area (Å²) in [6, 6.07) is 9.20. The van der Waals surface area contributed by atoms with Crippen LogP contribution in [0.25, 0.3) is 0 Å². The van der Waals surface area contributed by atoms with Crippen molar-refractivity contribution in [3.63, 3.8) is 0 Å². The van der Waals surface area contributed by atoms with Crippen molar-refractivity contribution >= 4 is 27.5 Å². The van der Waals surface area contributed by atoms with E-state index in [1.807, 2.05) is 31.2 Å². The number of carbonyl (C=O) groups is 1. The number of aromatic nitrogens is 2. The van der Waals surface area contributed by atoms with Crippen molar-refractivity contribution in [2.24, 2.45) is 0 Å². The van der Waals surface area contributed by atoms with E-state index in [2.05, 4.69) is 26.2 Å². The Hall–Kier alpha value is -2.64. The highest BCUT2D eigenvalue weighted by Gasteiger charge is 2.13. The van der Waals surface area contributed by atoms with Crippen molar-refractivity contribution in [1.82, 2.24) is 9.55 Å². The Balaban J connectivity index is 2.14. The molecule has 6 nitrogen and oxygen atoms in total. The molecule has 21 heavy (non-hydrogen) atoms. The van der Waals surface area contributed by atoms with Gasteiger partial charge in [-0.1, -0.05) is 15.9 Å². The number of rotatable bonds is 3. The lowest BCUT2D eigenvalue weighted by atomic mass is 10.2. The van der Waals surface area contributed by atoms with Gasteiger partial charge < -0.3 is 9.88 Å². The molecule has 1 N–H and O–H groups in total. The van der Waals surface area contributed by atoms with Crippen molar-refractivity contribution in [2.75, 3.05) is 5.32 Å². The maximum atomic E-state index is 12.0. The highest BCUT2D eigenvalue weighted by atomic mass is 79.9. The largest absolute Gasteiger partial charge is 0.324 e. The molecule has 0 saturated heterocycles. The maximum Gasteiger partial charge on any atom is 0.244 e. The van der Waals surface area contributed by atoms with E-state index in [0.29, 0.717) is 5.69 Å². The summed E-state index contributed by atoms with van der Waals surface area (Å²) in [6.07, 6.45) is 1.31. The fraction of sp³-hybridized carbons (Fsp3) is 0.143. The Bertz CT molecular complexity index is 782. The van der Waals surface area contributed by atoms with Crippen LogP contribution in [0.4, 0.5) is 5.69 Å². The number of amides is 1. The van der Waals surface area contributed by atoms with E-state index >= 15 is 0 Å². The molecule has 1 heterocycles. The van der Waals surface area contributed by atoms with Gasteiger partial charge in [0.2, 0.25) is 5.91 Å². The third-order valence-electron chi connectivity index (χ3n) is 2.83.